The number of amides is 1. The summed E-state index contributed by atoms with van der Waals surface area (Å²) in [5, 5.41) is 22.5. The number of rotatable bonds is 4. The second-order valence-corrected chi connectivity index (χ2v) is 5.39. The van der Waals surface area contributed by atoms with Gasteiger partial charge in [-0.3, -0.25) is 19.7 Å². The first kappa shape index (κ1) is 15.7. The lowest BCUT2D eigenvalue weighted by Gasteiger charge is -2.26. The fourth-order valence-corrected chi connectivity index (χ4v) is 2.60. The molecule has 0 aromatic heterocycles. The van der Waals surface area contributed by atoms with Crippen LogP contribution in [0.4, 0.5) is 11.4 Å². The lowest BCUT2D eigenvalue weighted by atomic mass is 9.86. The van der Waals surface area contributed by atoms with E-state index in [4.69, 9.17) is 10.8 Å². The molecule has 0 atom stereocenters. The van der Waals surface area contributed by atoms with Crippen LogP contribution >= 0.6 is 0 Å². The number of hydrogen-bond donors (Lipinski definition) is 3. The largest absolute Gasteiger partial charge is 0.481 e. The fraction of sp³-hybridized carbons (Fsp3) is 0.429. The molecular formula is C14H17N3O5. The molecule has 8 nitrogen and oxygen atoms in total. The normalized spacial score (nSPS) is 21.1. The van der Waals surface area contributed by atoms with Crippen LogP contribution in [0.3, 0.4) is 0 Å². The molecule has 22 heavy (non-hydrogen) atoms. The van der Waals surface area contributed by atoms with Gasteiger partial charge >= 0.3 is 5.97 Å². The molecule has 0 unspecified atom stereocenters. The van der Waals surface area contributed by atoms with Crippen molar-refractivity contribution in [3.63, 3.8) is 0 Å². The predicted molar refractivity (Wildman–Crippen MR) is 78.4 cm³/mol. The first-order valence-electron chi connectivity index (χ1n) is 6.96. The molecule has 8 heteroatoms. The van der Waals surface area contributed by atoms with Crippen molar-refractivity contribution in [3.05, 3.63) is 33.9 Å². The third kappa shape index (κ3) is 3.51. The van der Waals surface area contributed by atoms with Crippen molar-refractivity contribution in [2.24, 2.45) is 5.92 Å². The number of nitrogens with one attached hydrogen (secondary N) is 1. The van der Waals surface area contributed by atoms with Gasteiger partial charge in [0.2, 0.25) is 0 Å². The van der Waals surface area contributed by atoms with Gasteiger partial charge in [-0.25, -0.2) is 0 Å². The second kappa shape index (κ2) is 6.42. The van der Waals surface area contributed by atoms with Gasteiger partial charge < -0.3 is 16.2 Å². The minimum atomic E-state index is -0.807. The minimum Gasteiger partial charge on any atom is -0.481 e. The van der Waals surface area contributed by atoms with Crippen molar-refractivity contribution in [2.75, 3.05) is 5.73 Å². The van der Waals surface area contributed by atoms with Crippen molar-refractivity contribution in [1.29, 1.82) is 0 Å². The zero-order valence-corrected chi connectivity index (χ0v) is 11.8. The van der Waals surface area contributed by atoms with Crippen LogP contribution in [-0.4, -0.2) is 27.9 Å². The molecule has 0 heterocycles. The van der Waals surface area contributed by atoms with E-state index in [1.165, 1.54) is 12.1 Å². The molecule has 0 radical (unpaired) electrons. The number of nitrogens with zero attached hydrogens (tertiary/aromatic N) is 1. The Morgan fingerprint density at radius 2 is 1.91 bits per heavy atom. The Morgan fingerprint density at radius 1 is 1.27 bits per heavy atom. The highest BCUT2D eigenvalue weighted by Crippen LogP contribution is 2.25. The monoisotopic (exact) mass is 307 g/mol. The summed E-state index contributed by atoms with van der Waals surface area (Å²) in [4.78, 5) is 33.2. The number of nitrogen functional groups attached to an aromatic ring is 1. The summed E-state index contributed by atoms with van der Waals surface area (Å²) < 4.78 is 0. The molecule has 118 valence electrons. The molecule has 1 amide bonds. The standard InChI is InChI=1S/C14H17N3O5/c15-11-6-3-9(7-12(11)17(21)22)13(18)16-10-4-1-8(2-5-10)14(19)20/h3,6-8,10H,1-2,4-5,15H2,(H,16,18)(H,19,20). The lowest BCUT2D eigenvalue weighted by Crippen LogP contribution is -2.38. The van der Waals surface area contributed by atoms with Crippen LogP contribution in [0.1, 0.15) is 36.0 Å². The van der Waals surface area contributed by atoms with Gasteiger partial charge in [-0.1, -0.05) is 0 Å². The zero-order chi connectivity index (χ0) is 16.3. The Balaban J connectivity index is 2.00. The molecule has 4 N–H and O–H groups in total. The molecule has 1 fully saturated rings. The molecule has 1 aliphatic carbocycles. The number of hydrogen-bond acceptors (Lipinski definition) is 5. The van der Waals surface area contributed by atoms with Crippen molar-refractivity contribution in [2.45, 2.75) is 31.7 Å². The van der Waals surface area contributed by atoms with Gasteiger partial charge in [-0.2, -0.15) is 0 Å². The predicted octanol–water partition coefficient (Wildman–Crippen LogP) is 1.55. The van der Waals surface area contributed by atoms with E-state index in [1.807, 2.05) is 0 Å². The van der Waals surface area contributed by atoms with E-state index in [0.717, 1.165) is 6.07 Å². The summed E-state index contributed by atoms with van der Waals surface area (Å²) in [5.74, 6) is -1.58. The Kier molecular flexibility index (Phi) is 4.59. The quantitative estimate of drug-likeness (QED) is 0.438. The lowest BCUT2D eigenvalue weighted by molar-refractivity contribution is -0.383. The maximum atomic E-state index is 12.1. The van der Waals surface area contributed by atoms with Gasteiger partial charge in [-0.15, -0.1) is 0 Å². The SMILES string of the molecule is Nc1ccc(C(=O)NC2CCC(C(=O)O)CC2)cc1[N+](=O)[O-]. The smallest absolute Gasteiger partial charge is 0.306 e. The molecule has 1 aromatic rings. The molecule has 0 spiro atoms. The Bertz CT molecular complexity index is 608. The maximum absolute atomic E-state index is 12.1. The summed E-state index contributed by atoms with van der Waals surface area (Å²) in [6.07, 6.45) is 2.20. The highest BCUT2D eigenvalue weighted by Gasteiger charge is 2.27. The Morgan fingerprint density at radius 3 is 2.45 bits per heavy atom. The van der Waals surface area contributed by atoms with Crippen LogP contribution in [0.25, 0.3) is 0 Å². The third-order valence-electron chi connectivity index (χ3n) is 3.90. The van der Waals surface area contributed by atoms with Crippen molar-refractivity contribution >= 4 is 23.3 Å². The maximum Gasteiger partial charge on any atom is 0.306 e. The third-order valence-corrected chi connectivity index (χ3v) is 3.90. The van der Waals surface area contributed by atoms with Crippen LogP contribution in [0.15, 0.2) is 18.2 Å². The average Bonchev–Trinajstić information content (AvgIpc) is 2.47. The van der Waals surface area contributed by atoms with Crippen LogP contribution in [-0.2, 0) is 4.79 Å². The number of nitrogens with two attached hydrogens (primary N) is 1. The summed E-state index contributed by atoms with van der Waals surface area (Å²) in [6, 6.07) is 3.79. The molecule has 0 aliphatic heterocycles. The average molecular weight is 307 g/mol. The number of nitro groups is 1. The van der Waals surface area contributed by atoms with Crippen molar-refractivity contribution in [3.8, 4) is 0 Å². The van der Waals surface area contributed by atoms with Crippen LogP contribution in [0.2, 0.25) is 0 Å². The van der Waals surface area contributed by atoms with Gasteiger partial charge in [-0.05, 0) is 37.8 Å². The number of carboxylic acid groups (broad SMARTS) is 1. The molecule has 0 saturated heterocycles. The Labute approximate surface area is 126 Å². The summed E-state index contributed by atoms with van der Waals surface area (Å²) in [5.41, 5.74) is 5.36. The van der Waals surface area contributed by atoms with E-state index >= 15 is 0 Å². The van der Waals surface area contributed by atoms with Crippen molar-refractivity contribution < 1.29 is 19.6 Å². The number of anilines is 1. The Hall–Kier alpha value is -2.64. The van der Waals surface area contributed by atoms with E-state index in [1.54, 1.807) is 0 Å². The zero-order valence-electron chi connectivity index (χ0n) is 11.8. The minimum absolute atomic E-state index is 0.00326. The van der Waals surface area contributed by atoms with Gasteiger partial charge in [0, 0.05) is 17.7 Å². The van der Waals surface area contributed by atoms with Crippen molar-refractivity contribution in [1.82, 2.24) is 5.32 Å². The number of benzene rings is 1. The highest BCUT2D eigenvalue weighted by molar-refractivity contribution is 5.95. The summed E-state index contributed by atoms with van der Waals surface area (Å²) >= 11 is 0. The topological polar surface area (TPSA) is 136 Å². The molecule has 2 rings (SSSR count). The van der Waals surface area contributed by atoms with Gasteiger partial charge in [0.05, 0.1) is 10.8 Å². The number of carbonyl (C=O) groups is 2. The van der Waals surface area contributed by atoms with E-state index in [0.29, 0.717) is 25.7 Å². The fourth-order valence-electron chi connectivity index (χ4n) is 2.60. The summed E-state index contributed by atoms with van der Waals surface area (Å²) in [7, 11) is 0. The molecular weight excluding hydrogens is 290 g/mol. The van der Waals surface area contributed by atoms with Gasteiger partial charge in [0.15, 0.2) is 0 Å². The first-order valence-corrected chi connectivity index (χ1v) is 6.96. The van der Waals surface area contributed by atoms with E-state index in [2.05, 4.69) is 5.32 Å². The molecule has 1 aliphatic rings. The van der Waals surface area contributed by atoms with E-state index in [9.17, 15) is 19.7 Å². The molecule has 1 aromatic carbocycles. The number of carboxylic acids is 1. The molecule has 0 bridgehead atoms. The number of nitro benzene ring substituents is 1. The number of aliphatic carboxylic acids is 1. The van der Waals surface area contributed by atoms with Crippen LogP contribution in [0.5, 0.6) is 0 Å². The molecule has 1 saturated carbocycles. The van der Waals surface area contributed by atoms with Gasteiger partial charge in [0.1, 0.15) is 5.69 Å². The van der Waals surface area contributed by atoms with Gasteiger partial charge in [0.25, 0.3) is 11.6 Å². The highest BCUT2D eigenvalue weighted by atomic mass is 16.6. The van der Waals surface area contributed by atoms with E-state index in [-0.39, 0.29) is 28.9 Å². The van der Waals surface area contributed by atoms with Crippen LogP contribution in [0, 0.1) is 16.0 Å². The number of carbonyl (C=O) groups excluding carboxylic acids is 1. The van der Waals surface area contributed by atoms with Crippen LogP contribution < -0.4 is 11.1 Å². The van der Waals surface area contributed by atoms with E-state index < -0.39 is 16.8 Å². The first-order chi connectivity index (χ1) is 10.4. The second-order valence-electron chi connectivity index (χ2n) is 5.39. The summed E-state index contributed by atoms with van der Waals surface area (Å²) in [6.45, 7) is 0.